The molecule has 0 saturated heterocycles. The summed E-state index contributed by atoms with van der Waals surface area (Å²) in [5.74, 6) is -1.00. The van der Waals surface area contributed by atoms with Gasteiger partial charge in [-0.2, -0.15) is 0 Å². The van der Waals surface area contributed by atoms with Gasteiger partial charge in [0.05, 0.1) is 34.4 Å². The van der Waals surface area contributed by atoms with Crippen molar-refractivity contribution in [3.63, 3.8) is 0 Å². The van der Waals surface area contributed by atoms with Gasteiger partial charge in [-0.1, -0.05) is 6.07 Å². The fourth-order valence-electron chi connectivity index (χ4n) is 3.84. The van der Waals surface area contributed by atoms with E-state index < -0.39 is 11.6 Å². The van der Waals surface area contributed by atoms with Crippen LogP contribution in [0.3, 0.4) is 0 Å². The highest BCUT2D eigenvalue weighted by Crippen LogP contribution is 2.33. The third-order valence-electron chi connectivity index (χ3n) is 5.30. The molecule has 5 aromatic rings. The standard InChI is InChI=1S/C25H18F2N6/c1-13-9-14(10-23(29)32-13)15-7-8-30-22-12-31-21(11-16(15)22)25-19(28)5-6-20(33-25)24-17(26)3-2-4-18(24)27/h2-12H,28H2,1H3,(H2,29,32). The quantitative estimate of drug-likeness (QED) is 0.401. The minimum absolute atomic E-state index is 0.126. The Morgan fingerprint density at radius 3 is 2.36 bits per heavy atom. The Bertz CT molecular complexity index is 1490. The van der Waals surface area contributed by atoms with Crippen LogP contribution in [-0.2, 0) is 0 Å². The molecule has 0 aliphatic carbocycles. The van der Waals surface area contributed by atoms with Gasteiger partial charge in [-0.15, -0.1) is 0 Å². The summed E-state index contributed by atoms with van der Waals surface area (Å²) in [5, 5.41) is 0.802. The molecule has 0 aliphatic heterocycles. The number of pyridine rings is 4. The van der Waals surface area contributed by atoms with Gasteiger partial charge in [-0.05, 0) is 66.6 Å². The predicted octanol–water partition coefficient (Wildman–Crippen LogP) is 5.17. The van der Waals surface area contributed by atoms with Crippen LogP contribution in [0.25, 0.3) is 44.7 Å². The Balaban J connectivity index is 1.70. The lowest BCUT2D eigenvalue weighted by Crippen LogP contribution is -2.00. The number of anilines is 2. The van der Waals surface area contributed by atoms with Crippen LogP contribution in [0.5, 0.6) is 0 Å². The van der Waals surface area contributed by atoms with E-state index >= 15 is 0 Å². The van der Waals surface area contributed by atoms with Gasteiger partial charge in [0.15, 0.2) is 0 Å². The Hall–Kier alpha value is -4.46. The van der Waals surface area contributed by atoms with Crippen LogP contribution in [0.15, 0.2) is 67.0 Å². The van der Waals surface area contributed by atoms with Crippen molar-refractivity contribution in [2.45, 2.75) is 6.92 Å². The van der Waals surface area contributed by atoms with E-state index in [9.17, 15) is 8.78 Å². The number of nitrogen functional groups attached to an aromatic ring is 2. The van der Waals surface area contributed by atoms with Crippen LogP contribution in [-0.4, -0.2) is 19.9 Å². The van der Waals surface area contributed by atoms with E-state index in [4.69, 9.17) is 11.5 Å². The molecule has 4 N–H and O–H groups in total. The van der Waals surface area contributed by atoms with Crippen molar-refractivity contribution in [2.75, 3.05) is 11.5 Å². The molecule has 0 unspecified atom stereocenters. The van der Waals surface area contributed by atoms with Crippen LogP contribution in [0.1, 0.15) is 5.69 Å². The number of halogens is 2. The van der Waals surface area contributed by atoms with E-state index in [2.05, 4.69) is 19.9 Å². The molecule has 0 saturated carbocycles. The number of aromatic nitrogens is 4. The van der Waals surface area contributed by atoms with E-state index in [1.165, 1.54) is 24.3 Å². The maximum Gasteiger partial charge on any atom is 0.135 e. The Morgan fingerprint density at radius 1 is 0.818 bits per heavy atom. The molecule has 33 heavy (non-hydrogen) atoms. The van der Waals surface area contributed by atoms with E-state index in [-0.39, 0.29) is 11.3 Å². The van der Waals surface area contributed by atoms with Crippen molar-refractivity contribution in [1.82, 2.24) is 19.9 Å². The molecule has 0 amide bonds. The van der Waals surface area contributed by atoms with Gasteiger partial charge in [-0.25, -0.2) is 18.7 Å². The number of aryl methyl sites for hydroxylation is 1. The molecule has 0 spiro atoms. The summed E-state index contributed by atoms with van der Waals surface area (Å²) in [5.41, 5.74) is 16.4. The van der Waals surface area contributed by atoms with Gasteiger partial charge < -0.3 is 11.5 Å². The second kappa shape index (κ2) is 7.90. The Labute approximate surface area is 188 Å². The molecule has 0 radical (unpaired) electrons. The maximum absolute atomic E-state index is 14.3. The summed E-state index contributed by atoms with van der Waals surface area (Å²) >= 11 is 0. The number of benzene rings is 1. The second-order valence-corrected chi connectivity index (χ2v) is 7.60. The molecule has 5 rings (SSSR count). The van der Waals surface area contributed by atoms with Gasteiger partial charge in [0.1, 0.15) is 23.1 Å². The van der Waals surface area contributed by atoms with Gasteiger partial charge in [0.2, 0.25) is 0 Å². The molecule has 0 fully saturated rings. The zero-order valence-corrected chi connectivity index (χ0v) is 17.6. The predicted molar refractivity (Wildman–Crippen MR) is 125 cm³/mol. The number of nitrogens with zero attached hydrogens (tertiary/aromatic N) is 4. The summed E-state index contributed by atoms with van der Waals surface area (Å²) in [7, 11) is 0. The smallest absolute Gasteiger partial charge is 0.135 e. The summed E-state index contributed by atoms with van der Waals surface area (Å²) in [6.45, 7) is 1.87. The lowest BCUT2D eigenvalue weighted by Gasteiger charge is -2.11. The lowest BCUT2D eigenvalue weighted by atomic mass is 10.0. The van der Waals surface area contributed by atoms with Crippen LogP contribution in [0.2, 0.25) is 0 Å². The molecular formula is C25H18F2N6. The van der Waals surface area contributed by atoms with Crippen LogP contribution in [0.4, 0.5) is 20.3 Å². The van der Waals surface area contributed by atoms with E-state index in [1.54, 1.807) is 24.5 Å². The number of rotatable bonds is 3. The number of hydrogen-bond donors (Lipinski definition) is 2. The first-order valence-electron chi connectivity index (χ1n) is 10.1. The van der Waals surface area contributed by atoms with Gasteiger partial charge in [0, 0.05) is 17.3 Å². The number of fused-ring (bicyclic) bond motifs is 1. The third kappa shape index (κ3) is 3.71. The van der Waals surface area contributed by atoms with Crippen molar-refractivity contribution < 1.29 is 8.78 Å². The van der Waals surface area contributed by atoms with E-state index in [0.29, 0.717) is 28.4 Å². The van der Waals surface area contributed by atoms with Crippen molar-refractivity contribution >= 4 is 22.4 Å². The average molecular weight is 440 g/mol. The van der Waals surface area contributed by atoms with Gasteiger partial charge in [0.25, 0.3) is 0 Å². The van der Waals surface area contributed by atoms with Gasteiger partial charge >= 0.3 is 0 Å². The molecule has 4 aromatic heterocycles. The van der Waals surface area contributed by atoms with Crippen molar-refractivity contribution in [3.05, 3.63) is 84.3 Å². The van der Waals surface area contributed by atoms with Crippen molar-refractivity contribution in [2.24, 2.45) is 0 Å². The highest BCUT2D eigenvalue weighted by atomic mass is 19.1. The highest BCUT2D eigenvalue weighted by Gasteiger charge is 2.16. The summed E-state index contributed by atoms with van der Waals surface area (Å²) in [6, 6.07) is 14.1. The molecule has 0 bridgehead atoms. The minimum atomic E-state index is -0.707. The fourth-order valence-corrected chi connectivity index (χ4v) is 3.84. The van der Waals surface area contributed by atoms with Gasteiger partial charge in [-0.3, -0.25) is 9.97 Å². The number of nitrogens with two attached hydrogens (primary N) is 2. The van der Waals surface area contributed by atoms with Crippen LogP contribution >= 0.6 is 0 Å². The Morgan fingerprint density at radius 2 is 1.61 bits per heavy atom. The van der Waals surface area contributed by atoms with Crippen LogP contribution < -0.4 is 11.5 Å². The fraction of sp³-hybridized carbons (Fsp3) is 0.0400. The molecule has 1 aromatic carbocycles. The summed E-state index contributed by atoms with van der Waals surface area (Å²) in [4.78, 5) is 17.5. The van der Waals surface area contributed by atoms with Crippen molar-refractivity contribution in [1.29, 1.82) is 0 Å². The summed E-state index contributed by atoms with van der Waals surface area (Å²) in [6.07, 6.45) is 3.31. The molecular weight excluding hydrogens is 422 g/mol. The van der Waals surface area contributed by atoms with E-state index in [1.807, 2.05) is 25.1 Å². The topological polar surface area (TPSA) is 104 Å². The van der Waals surface area contributed by atoms with E-state index in [0.717, 1.165) is 22.2 Å². The maximum atomic E-state index is 14.3. The number of hydrogen-bond acceptors (Lipinski definition) is 6. The summed E-state index contributed by atoms with van der Waals surface area (Å²) < 4.78 is 28.7. The molecule has 0 atom stereocenters. The normalized spacial score (nSPS) is 11.1. The molecule has 162 valence electrons. The first kappa shape index (κ1) is 20.4. The molecule has 0 aliphatic rings. The van der Waals surface area contributed by atoms with Crippen LogP contribution in [0, 0.1) is 18.6 Å². The Kier molecular flexibility index (Phi) is 4.90. The van der Waals surface area contributed by atoms with Crippen molar-refractivity contribution in [3.8, 4) is 33.8 Å². The molecule has 8 heteroatoms. The minimum Gasteiger partial charge on any atom is -0.397 e. The largest absolute Gasteiger partial charge is 0.397 e. The average Bonchev–Trinajstić information content (AvgIpc) is 2.78. The zero-order chi connectivity index (χ0) is 23.1. The third-order valence-corrected chi connectivity index (χ3v) is 5.30. The first-order valence-corrected chi connectivity index (χ1v) is 10.1. The zero-order valence-electron chi connectivity index (χ0n) is 17.6. The highest BCUT2D eigenvalue weighted by molar-refractivity contribution is 5.96. The molecule has 6 nitrogen and oxygen atoms in total. The molecule has 4 heterocycles. The second-order valence-electron chi connectivity index (χ2n) is 7.60. The lowest BCUT2D eigenvalue weighted by molar-refractivity contribution is 0.588. The first-order chi connectivity index (χ1) is 15.9. The SMILES string of the molecule is Cc1cc(-c2ccnc3cnc(-c4nc(-c5c(F)cccc5F)ccc4N)cc23)cc(N)n1. The monoisotopic (exact) mass is 440 g/mol.